The molecular weight excluding hydrogens is 187 g/mol. The van der Waals surface area contributed by atoms with Gasteiger partial charge in [0.15, 0.2) is 0 Å². The third kappa shape index (κ3) is 1.46. The summed E-state index contributed by atoms with van der Waals surface area (Å²) in [5.41, 5.74) is 2.31. The van der Waals surface area contributed by atoms with Crippen molar-refractivity contribution < 1.29 is 9.31 Å². The second kappa shape index (κ2) is 3.35. The fourth-order valence-electron chi connectivity index (χ4n) is 1.64. The maximum Gasteiger partial charge on any atom is 0.658 e. The van der Waals surface area contributed by atoms with E-state index in [1.54, 1.807) is 0 Å². The molecule has 0 N–H and O–H groups in total. The number of hydrogen-bond donors (Lipinski definition) is 0. The Balaban J connectivity index is 2.07. The highest BCUT2D eigenvalue weighted by molar-refractivity contribution is 6.23. The molecule has 0 aliphatic carbocycles. The van der Waals surface area contributed by atoms with Crippen molar-refractivity contribution in [2.45, 2.75) is 0 Å². The number of fused-ring (bicyclic) bond motifs is 1. The van der Waals surface area contributed by atoms with E-state index in [1.165, 1.54) is 13.2 Å². The molecule has 15 heavy (non-hydrogen) atoms. The second-order valence-electron chi connectivity index (χ2n) is 3.36. The zero-order valence-electron chi connectivity index (χ0n) is 8.01. The lowest BCUT2D eigenvalue weighted by atomic mass is 10.1. The molecule has 2 aromatic carbocycles. The van der Waals surface area contributed by atoms with Crippen LogP contribution < -0.4 is 9.31 Å². The number of benzene rings is 2. The van der Waals surface area contributed by atoms with Crippen LogP contribution in [0.25, 0.3) is 11.1 Å². The number of hydrogen-bond acceptors (Lipinski definition) is 2. The second-order valence-corrected chi connectivity index (χ2v) is 3.36. The van der Waals surface area contributed by atoms with Crippen LogP contribution in [0.3, 0.4) is 0 Å². The lowest BCUT2D eigenvalue weighted by molar-refractivity contribution is 0.541. The molecule has 0 fully saturated rings. The topological polar surface area (TPSA) is 18.5 Å². The maximum absolute atomic E-state index is 5.21. The van der Waals surface area contributed by atoms with E-state index < -0.39 is 0 Å². The third-order valence-corrected chi connectivity index (χ3v) is 2.40. The summed E-state index contributed by atoms with van der Waals surface area (Å²) in [6.07, 6.45) is 0. The molecule has 1 aliphatic rings. The smallest absolute Gasteiger partial charge is 0.524 e. The fraction of sp³-hybridized carbons (Fsp3) is 0. The quantitative estimate of drug-likeness (QED) is 0.651. The zero-order chi connectivity index (χ0) is 10.1. The largest absolute Gasteiger partial charge is 0.658 e. The van der Waals surface area contributed by atoms with E-state index in [4.69, 9.17) is 9.31 Å². The van der Waals surface area contributed by atoms with Gasteiger partial charge in [0.25, 0.3) is 0 Å². The highest BCUT2D eigenvalue weighted by Crippen LogP contribution is 2.35. The average Bonchev–Trinajstić information content (AvgIpc) is 2.77. The Kier molecular flexibility index (Phi) is 1.88. The molecule has 71 valence electrons. The van der Waals surface area contributed by atoms with Crippen LogP contribution in [0.1, 0.15) is 0 Å². The molecule has 3 rings (SSSR count). The van der Waals surface area contributed by atoms with Gasteiger partial charge in [-0.25, -0.2) is 0 Å². The molecule has 0 atom stereocenters. The van der Waals surface area contributed by atoms with Gasteiger partial charge in [0.05, 0.1) is 0 Å². The van der Waals surface area contributed by atoms with Crippen LogP contribution in [-0.4, -0.2) is 7.69 Å². The Morgan fingerprint density at radius 2 is 1.53 bits per heavy atom. The first kappa shape index (κ1) is 8.42. The Morgan fingerprint density at radius 1 is 0.733 bits per heavy atom. The van der Waals surface area contributed by atoms with Gasteiger partial charge >= 0.3 is 7.69 Å². The average molecular weight is 195 g/mol. The van der Waals surface area contributed by atoms with Gasteiger partial charge in [-0.3, -0.25) is 0 Å². The minimum Gasteiger partial charge on any atom is -0.524 e. The van der Waals surface area contributed by atoms with E-state index >= 15 is 0 Å². The summed E-state index contributed by atoms with van der Waals surface area (Å²) in [4.78, 5) is 0. The van der Waals surface area contributed by atoms with Crippen molar-refractivity contribution in [3.63, 3.8) is 0 Å². The first-order valence-corrected chi connectivity index (χ1v) is 4.78. The fourth-order valence-corrected chi connectivity index (χ4v) is 1.64. The summed E-state index contributed by atoms with van der Waals surface area (Å²) >= 11 is 0. The van der Waals surface area contributed by atoms with E-state index in [2.05, 4.69) is 12.1 Å². The normalized spacial score (nSPS) is 12.3. The van der Waals surface area contributed by atoms with Gasteiger partial charge < -0.3 is 9.31 Å². The van der Waals surface area contributed by atoms with Crippen LogP contribution in [0.4, 0.5) is 0 Å². The van der Waals surface area contributed by atoms with E-state index in [9.17, 15) is 0 Å². The van der Waals surface area contributed by atoms with Gasteiger partial charge in [-0.05, 0) is 23.3 Å². The first-order valence-electron chi connectivity index (χ1n) is 4.78. The molecule has 0 amide bonds. The van der Waals surface area contributed by atoms with Crippen LogP contribution >= 0.6 is 0 Å². The lowest BCUT2D eigenvalue weighted by Gasteiger charge is -2.03. The molecule has 2 nitrogen and oxygen atoms in total. The van der Waals surface area contributed by atoms with Crippen molar-refractivity contribution in [1.29, 1.82) is 0 Å². The van der Waals surface area contributed by atoms with Crippen molar-refractivity contribution >= 4 is 7.69 Å². The lowest BCUT2D eigenvalue weighted by Crippen LogP contribution is -1.99. The highest BCUT2D eigenvalue weighted by Gasteiger charge is 2.16. The predicted molar refractivity (Wildman–Crippen MR) is 58.9 cm³/mol. The van der Waals surface area contributed by atoms with E-state index in [1.807, 2.05) is 36.4 Å². The third-order valence-electron chi connectivity index (χ3n) is 2.40. The van der Waals surface area contributed by atoms with Gasteiger partial charge in [0.1, 0.15) is 11.5 Å². The van der Waals surface area contributed by atoms with Gasteiger partial charge in [0.2, 0.25) is 0 Å². The summed E-state index contributed by atoms with van der Waals surface area (Å²) in [6.45, 7) is 0. The summed E-state index contributed by atoms with van der Waals surface area (Å²) in [5, 5.41) is 0. The Bertz CT molecular complexity index is 482. The van der Waals surface area contributed by atoms with Crippen molar-refractivity contribution in [2.24, 2.45) is 0 Å². The summed E-state index contributed by atoms with van der Waals surface area (Å²) in [5.74, 6) is 1.55. The molecule has 0 saturated carbocycles. The van der Waals surface area contributed by atoms with Gasteiger partial charge in [-0.2, -0.15) is 0 Å². The standard InChI is InChI=1S/C12H8BO2/c1-2-4-9(5-3-1)10-6-7-11-12(8-10)15-13-14-11/h1-8H. The summed E-state index contributed by atoms with van der Waals surface area (Å²) in [7, 11) is 1.35. The van der Waals surface area contributed by atoms with Gasteiger partial charge in [-0.15, -0.1) is 0 Å². The van der Waals surface area contributed by atoms with Gasteiger partial charge in [-0.1, -0.05) is 36.4 Å². The molecule has 3 heteroatoms. The van der Waals surface area contributed by atoms with Crippen LogP contribution in [0, 0.1) is 0 Å². The Morgan fingerprint density at radius 3 is 2.40 bits per heavy atom. The molecule has 1 radical (unpaired) electrons. The van der Waals surface area contributed by atoms with Crippen molar-refractivity contribution in [3.05, 3.63) is 48.5 Å². The van der Waals surface area contributed by atoms with Crippen LogP contribution in [-0.2, 0) is 0 Å². The zero-order valence-corrected chi connectivity index (χ0v) is 8.01. The molecule has 2 aromatic rings. The minimum atomic E-state index is 0.773. The molecule has 0 spiro atoms. The SMILES string of the molecule is [B]1Oc2ccc(-c3ccccc3)cc2O1. The van der Waals surface area contributed by atoms with Crippen molar-refractivity contribution in [1.82, 2.24) is 0 Å². The number of rotatable bonds is 1. The van der Waals surface area contributed by atoms with Crippen LogP contribution in [0.5, 0.6) is 11.5 Å². The minimum absolute atomic E-state index is 0.773. The Labute approximate surface area is 88.8 Å². The molecule has 0 unspecified atom stereocenters. The molecule has 1 heterocycles. The highest BCUT2D eigenvalue weighted by atomic mass is 16.6. The summed E-state index contributed by atoms with van der Waals surface area (Å²) in [6, 6.07) is 16.1. The Hall–Kier alpha value is -1.90. The molecular formula is C12H8BO2. The van der Waals surface area contributed by atoms with Crippen LogP contribution in [0.2, 0.25) is 0 Å². The van der Waals surface area contributed by atoms with E-state index in [-0.39, 0.29) is 0 Å². The molecule has 0 bridgehead atoms. The maximum atomic E-state index is 5.21. The van der Waals surface area contributed by atoms with E-state index in [0.29, 0.717) is 0 Å². The van der Waals surface area contributed by atoms with Crippen molar-refractivity contribution in [3.8, 4) is 22.6 Å². The predicted octanol–water partition coefficient (Wildman–Crippen LogP) is 2.66. The van der Waals surface area contributed by atoms with Crippen molar-refractivity contribution in [2.75, 3.05) is 0 Å². The molecule has 0 saturated heterocycles. The molecule has 1 aliphatic heterocycles. The summed E-state index contributed by atoms with van der Waals surface area (Å²) < 4.78 is 10.4. The monoisotopic (exact) mass is 195 g/mol. The van der Waals surface area contributed by atoms with Gasteiger partial charge in [0, 0.05) is 0 Å². The van der Waals surface area contributed by atoms with E-state index in [0.717, 1.165) is 17.1 Å². The molecule has 0 aromatic heterocycles. The van der Waals surface area contributed by atoms with Crippen LogP contribution in [0.15, 0.2) is 48.5 Å². The first-order chi connectivity index (χ1) is 7.43.